The lowest BCUT2D eigenvalue weighted by Crippen LogP contribution is -2.50. The van der Waals surface area contributed by atoms with Crippen LogP contribution in [0.3, 0.4) is 0 Å². The maximum atomic E-state index is 13.0. The number of hydrogen-bond donors (Lipinski definition) is 3. The molecule has 1 saturated heterocycles. The van der Waals surface area contributed by atoms with E-state index in [1.807, 2.05) is 23.2 Å². The van der Waals surface area contributed by atoms with Gasteiger partial charge in [0.2, 0.25) is 11.8 Å². The van der Waals surface area contributed by atoms with E-state index in [9.17, 15) is 14.4 Å². The molecule has 1 aliphatic heterocycles. The van der Waals surface area contributed by atoms with Crippen molar-refractivity contribution in [3.8, 4) is 0 Å². The summed E-state index contributed by atoms with van der Waals surface area (Å²) in [5.41, 5.74) is 16.8. The minimum Gasteiger partial charge on any atom is -0.361 e. The predicted octanol–water partition coefficient (Wildman–Crippen LogP) is 2.15. The molecule has 1 aliphatic carbocycles. The summed E-state index contributed by atoms with van der Waals surface area (Å²) in [5.74, 6) is -0.131. The standard InChI is InChI=1S/C24H27N3O.C5H10N2O2/c25-21(15-18-16-26-22-8-4-2-6-19(18)22)23(28)27-13-11-24(12-14-27)10-9-17-5-1-3-7-20(17)24;1-7(2-3-8)5(9)4-6/h1-8,16,21,26H,9-15,25H2;3H,2,4,6H2,1H3/t21-;/m1./s1. The number of nitrogens with one attached hydrogen (secondary N) is 1. The maximum absolute atomic E-state index is 13.0. The molecule has 2 heterocycles. The zero-order valence-electron chi connectivity index (χ0n) is 21.5. The Labute approximate surface area is 218 Å². The van der Waals surface area contributed by atoms with Crippen molar-refractivity contribution in [3.05, 3.63) is 71.4 Å². The van der Waals surface area contributed by atoms with Gasteiger partial charge in [-0.15, -0.1) is 0 Å². The number of aromatic nitrogens is 1. The maximum Gasteiger partial charge on any atom is 0.239 e. The smallest absolute Gasteiger partial charge is 0.239 e. The van der Waals surface area contributed by atoms with Gasteiger partial charge in [0.25, 0.3) is 0 Å². The van der Waals surface area contributed by atoms with Gasteiger partial charge in [-0.25, -0.2) is 0 Å². The van der Waals surface area contributed by atoms with Gasteiger partial charge in [-0.2, -0.15) is 0 Å². The van der Waals surface area contributed by atoms with Crippen LogP contribution in [-0.4, -0.2) is 72.2 Å². The molecule has 37 heavy (non-hydrogen) atoms. The quantitative estimate of drug-likeness (QED) is 0.445. The highest BCUT2D eigenvalue weighted by Crippen LogP contribution is 2.46. The number of hydrogen-bond acceptors (Lipinski definition) is 5. The van der Waals surface area contributed by atoms with Crippen LogP contribution >= 0.6 is 0 Å². The third-order valence-corrected chi connectivity index (χ3v) is 7.87. The highest BCUT2D eigenvalue weighted by molar-refractivity contribution is 5.86. The van der Waals surface area contributed by atoms with Gasteiger partial charge in [0.15, 0.2) is 0 Å². The molecule has 1 fully saturated rings. The molecule has 196 valence electrons. The average Bonchev–Trinajstić information content (AvgIpc) is 3.50. The van der Waals surface area contributed by atoms with E-state index >= 15 is 0 Å². The van der Waals surface area contributed by atoms with Crippen LogP contribution in [0.1, 0.15) is 36.0 Å². The van der Waals surface area contributed by atoms with Crippen LogP contribution < -0.4 is 11.5 Å². The first-order chi connectivity index (χ1) is 17.9. The molecule has 8 heteroatoms. The fourth-order valence-electron chi connectivity index (χ4n) is 5.67. The zero-order chi connectivity index (χ0) is 26.4. The molecule has 0 radical (unpaired) electrons. The van der Waals surface area contributed by atoms with Crippen LogP contribution in [-0.2, 0) is 32.6 Å². The van der Waals surface area contributed by atoms with E-state index in [0.29, 0.717) is 12.7 Å². The molecule has 2 amide bonds. The molecule has 0 saturated carbocycles. The summed E-state index contributed by atoms with van der Waals surface area (Å²) >= 11 is 0. The molecule has 5 rings (SSSR count). The van der Waals surface area contributed by atoms with Crippen LogP contribution in [0.5, 0.6) is 0 Å². The number of piperidine rings is 1. The Morgan fingerprint density at radius 1 is 1.11 bits per heavy atom. The molecule has 2 aliphatic rings. The molecule has 3 aromatic rings. The topological polar surface area (TPSA) is 126 Å². The van der Waals surface area contributed by atoms with E-state index in [-0.39, 0.29) is 30.3 Å². The first-order valence-electron chi connectivity index (χ1n) is 12.9. The first kappa shape index (κ1) is 26.6. The third kappa shape index (κ3) is 5.76. The van der Waals surface area contributed by atoms with E-state index in [2.05, 4.69) is 41.4 Å². The summed E-state index contributed by atoms with van der Waals surface area (Å²) in [6, 6.07) is 16.5. The van der Waals surface area contributed by atoms with E-state index in [0.717, 1.165) is 42.4 Å². The highest BCUT2D eigenvalue weighted by atomic mass is 16.2. The van der Waals surface area contributed by atoms with Crippen molar-refractivity contribution in [2.45, 2.75) is 43.6 Å². The van der Waals surface area contributed by atoms with E-state index in [4.69, 9.17) is 11.5 Å². The summed E-state index contributed by atoms with van der Waals surface area (Å²) in [7, 11) is 1.53. The molecule has 1 aromatic heterocycles. The number of rotatable bonds is 6. The molecule has 1 atom stereocenters. The van der Waals surface area contributed by atoms with Gasteiger partial charge in [-0.1, -0.05) is 42.5 Å². The SMILES string of the molecule is CN(CC=O)C(=O)CN.N[C@H](Cc1c[nH]c2ccccc12)C(=O)N1CCC2(CCc3ccccc32)CC1. The number of aldehydes is 1. The Kier molecular flexibility index (Phi) is 8.41. The molecular weight excluding hydrogens is 466 g/mol. The summed E-state index contributed by atoms with van der Waals surface area (Å²) in [4.78, 5) is 39.9. The molecule has 5 N–H and O–H groups in total. The monoisotopic (exact) mass is 503 g/mol. The Balaban J connectivity index is 0.000000307. The second-order valence-corrected chi connectivity index (χ2v) is 10.1. The van der Waals surface area contributed by atoms with Crippen molar-refractivity contribution >= 4 is 29.0 Å². The highest BCUT2D eigenvalue weighted by Gasteiger charge is 2.42. The van der Waals surface area contributed by atoms with Crippen LogP contribution in [0.15, 0.2) is 54.7 Å². The number of carbonyl (C=O) groups is 3. The summed E-state index contributed by atoms with van der Waals surface area (Å²) in [6.45, 7) is 1.71. The third-order valence-electron chi connectivity index (χ3n) is 7.87. The Bertz CT molecular complexity index is 1250. The Hall–Kier alpha value is -3.49. The average molecular weight is 504 g/mol. The van der Waals surface area contributed by atoms with Gasteiger partial charge in [0, 0.05) is 37.2 Å². The van der Waals surface area contributed by atoms with Gasteiger partial charge in [-0.05, 0) is 60.3 Å². The Morgan fingerprint density at radius 3 is 2.54 bits per heavy atom. The van der Waals surface area contributed by atoms with Crippen LogP contribution in [0.2, 0.25) is 0 Å². The number of likely N-dealkylation sites (tertiary alicyclic amines) is 1. The Morgan fingerprint density at radius 2 is 1.81 bits per heavy atom. The second-order valence-electron chi connectivity index (χ2n) is 10.1. The summed E-state index contributed by atoms with van der Waals surface area (Å²) < 4.78 is 0. The number of nitrogens with zero attached hydrogens (tertiary/aromatic N) is 2. The second kappa shape index (κ2) is 11.7. The van der Waals surface area contributed by atoms with Crippen LogP contribution in [0, 0.1) is 0 Å². The van der Waals surface area contributed by atoms with Crippen LogP contribution in [0.4, 0.5) is 0 Å². The minimum absolute atomic E-state index is 0.0374. The molecule has 1 spiro atoms. The van der Waals surface area contributed by atoms with E-state index < -0.39 is 6.04 Å². The molecular formula is C29H37N5O3. The number of amides is 2. The lowest BCUT2D eigenvalue weighted by atomic mass is 9.74. The molecule has 0 bridgehead atoms. The van der Waals surface area contributed by atoms with E-state index in [1.54, 1.807) is 0 Å². The van der Waals surface area contributed by atoms with Crippen molar-refractivity contribution in [1.29, 1.82) is 0 Å². The normalized spacial score (nSPS) is 16.6. The van der Waals surface area contributed by atoms with Crippen molar-refractivity contribution in [3.63, 3.8) is 0 Å². The minimum atomic E-state index is -0.482. The lowest BCUT2D eigenvalue weighted by Gasteiger charge is -2.41. The number of H-pyrrole nitrogens is 1. The van der Waals surface area contributed by atoms with Crippen LogP contribution in [0.25, 0.3) is 10.9 Å². The number of benzene rings is 2. The molecule has 2 aromatic carbocycles. The number of para-hydroxylation sites is 1. The number of fused-ring (bicyclic) bond motifs is 3. The molecule has 8 nitrogen and oxygen atoms in total. The van der Waals surface area contributed by atoms with Gasteiger partial charge in [0.1, 0.15) is 6.29 Å². The van der Waals surface area contributed by atoms with Crippen molar-refractivity contribution in [2.75, 3.05) is 33.2 Å². The van der Waals surface area contributed by atoms with Gasteiger partial charge in [-0.3, -0.25) is 9.59 Å². The fraction of sp³-hybridized carbons (Fsp3) is 0.414. The van der Waals surface area contributed by atoms with Crippen molar-refractivity contribution in [1.82, 2.24) is 14.8 Å². The van der Waals surface area contributed by atoms with Crippen molar-refractivity contribution in [2.24, 2.45) is 11.5 Å². The number of carbonyl (C=O) groups excluding carboxylic acids is 3. The number of aryl methyl sites for hydroxylation is 1. The number of likely N-dealkylation sites (N-methyl/N-ethyl adjacent to an activating group) is 1. The first-order valence-corrected chi connectivity index (χ1v) is 12.9. The summed E-state index contributed by atoms with van der Waals surface area (Å²) in [5, 5.41) is 1.16. The molecule has 0 unspecified atom stereocenters. The fourth-order valence-corrected chi connectivity index (χ4v) is 5.67. The van der Waals surface area contributed by atoms with E-state index in [1.165, 1.54) is 35.9 Å². The largest absolute Gasteiger partial charge is 0.361 e. The van der Waals surface area contributed by atoms with Gasteiger partial charge >= 0.3 is 0 Å². The summed E-state index contributed by atoms with van der Waals surface area (Å²) in [6.07, 6.45) is 7.71. The lowest BCUT2D eigenvalue weighted by molar-refractivity contribution is -0.134. The number of nitrogens with two attached hydrogens (primary N) is 2. The zero-order valence-corrected chi connectivity index (χ0v) is 21.5. The number of aromatic amines is 1. The van der Waals surface area contributed by atoms with Gasteiger partial charge in [0.05, 0.1) is 19.1 Å². The predicted molar refractivity (Wildman–Crippen MR) is 145 cm³/mol. The van der Waals surface area contributed by atoms with Gasteiger partial charge < -0.3 is 31.0 Å². The van der Waals surface area contributed by atoms with Crippen molar-refractivity contribution < 1.29 is 14.4 Å².